The van der Waals surface area contributed by atoms with Crippen LogP contribution in [0.15, 0.2) is 158 Å². The maximum Gasteiger partial charge on any atom is 0.137 e. The molecule has 5 aliphatic rings. The van der Waals surface area contributed by atoms with Crippen molar-refractivity contribution < 1.29 is 4.74 Å². The molecule has 0 spiro atoms. The molecule has 7 aromatic carbocycles. The van der Waals surface area contributed by atoms with Crippen molar-refractivity contribution in [3.05, 3.63) is 186 Å². The number of hydrogen-bond donors (Lipinski definition) is 0. The summed E-state index contributed by atoms with van der Waals surface area (Å²) in [5.41, 5.74) is 14.9. The van der Waals surface area contributed by atoms with Crippen molar-refractivity contribution in [2.24, 2.45) is 23.7 Å². The first kappa shape index (κ1) is 38.6. The number of rotatable bonds is 7. The van der Waals surface area contributed by atoms with Gasteiger partial charge in [-0.2, -0.15) is 0 Å². The van der Waals surface area contributed by atoms with Crippen molar-refractivity contribution in [1.82, 2.24) is 9.55 Å². The highest BCUT2D eigenvalue weighted by Gasteiger charge is 2.59. The molecule has 5 heteroatoms. The number of fused-ring (bicyclic) bond motifs is 5. The zero-order valence-corrected chi connectivity index (χ0v) is 37.8. The first-order chi connectivity index (χ1) is 31.8. The summed E-state index contributed by atoms with van der Waals surface area (Å²) in [5.74, 6) is 5.50. The number of nitrogens with zero attached hydrogens (tertiary/aromatic N) is 4. The maximum absolute atomic E-state index is 7.08. The molecule has 14 rings (SSSR count). The lowest BCUT2D eigenvalue weighted by Crippen LogP contribution is -2.56. The third-order valence-corrected chi connectivity index (χ3v) is 16.1. The molecule has 320 valence electrons. The Morgan fingerprint density at radius 3 is 2.08 bits per heavy atom. The van der Waals surface area contributed by atoms with Crippen LogP contribution in [0.3, 0.4) is 0 Å². The van der Waals surface area contributed by atoms with Crippen LogP contribution < -0.4 is 14.5 Å². The van der Waals surface area contributed by atoms with Gasteiger partial charge in [0.15, 0.2) is 0 Å². The van der Waals surface area contributed by atoms with Crippen LogP contribution in [0, 0.1) is 44.4 Å². The molecule has 0 radical (unpaired) electrons. The van der Waals surface area contributed by atoms with Crippen molar-refractivity contribution in [3.8, 4) is 28.4 Å². The van der Waals surface area contributed by atoms with Gasteiger partial charge in [0.1, 0.15) is 17.3 Å². The molecule has 4 aliphatic carbocycles. The summed E-state index contributed by atoms with van der Waals surface area (Å²) in [6.45, 7) is 7.39. The van der Waals surface area contributed by atoms with Gasteiger partial charge >= 0.3 is 0 Å². The first-order valence-electron chi connectivity index (χ1n) is 23.8. The van der Waals surface area contributed by atoms with Gasteiger partial charge in [-0.25, -0.2) is 4.98 Å². The van der Waals surface area contributed by atoms with Crippen LogP contribution in [-0.4, -0.2) is 23.3 Å². The van der Waals surface area contributed by atoms with Crippen LogP contribution >= 0.6 is 0 Å². The second-order valence-electron chi connectivity index (χ2n) is 20.0. The van der Waals surface area contributed by atoms with E-state index in [-0.39, 0.29) is 5.41 Å². The van der Waals surface area contributed by atoms with Gasteiger partial charge in [0.25, 0.3) is 0 Å². The second-order valence-corrected chi connectivity index (χ2v) is 20.0. The van der Waals surface area contributed by atoms with Gasteiger partial charge in [-0.1, -0.05) is 90.5 Å². The highest BCUT2D eigenvalue weighted by molar-refractivity contribution is 6.09. The summed E-state index contributed by atoms with van der Waals surface area (Å²) in [7, 11) is 2.17. The van der Waals surface area contributed by atoms with Gasteiger partial charge in [-0.05, 0) is 175 Å². The number of benzene rings is 7. The first-order valence-corrected chi connectivity index (χ1v) is 23.8. The van der Waals surface area contributed by atoms with Crippen molar-refractivity contribution >= 4 is 49.6 Å². The molecule has 0 N–H and O–H groups in total. The number of aryl methyl sites for hydroxylation is 3. The molecule has 4 saturated carbocycles. The summed E-state index contributed by atoms with van der Waals surface area (Å²) < 4.78 is 9.47. The maximum atomic E-state index is 7.08. The van der Waals surface area contributed by atoms with E-state index in [2.05, 4.69) is 200 Å². The Kier molecular flexibility index (Phi) is 8.66. The molecule has 0 atom stereocenters. The molecule has 0 unspecified atom stereocenters. The van der Waals surface area contributed by atoms with Crippen molar-refractivity contribution in [2.75, 3.05) is 23.5 Å². The molecule has 5 nitrogen and oxygen atoms in total. The molecule has 3 heterocycles. The van der Waals surface area contributed by atoms with E-state index in [1.165, 1.54) is 98.4 Å². The predicted molar refractivity (Wildman–Crippen MR) is 268 cm³/mol. The van der Waals surface area contributed by atoms with E-state index in [1.807, 2.05) is 0 Å². The molecule has 2 aromatic heterocycles. The van der Waals surface area contributed by atoms with E-state index in [9.17, 15) is 0 Å². The average Bonchev–Trinajstić information content (AvgIpc) is 3.82. The Morgan fingerprint density at radius 2 is 1.28 bits per heavy atom. The van der Waals surface area contributed by atoms with Gasteiger partial charge in [0.2, 0.25) is 0 Å². The Balaban J connectivity index is 0.962. The predicted octanol–water partition coefficient (Wildman–Crippen LogP) is 15.0. The summed E-state index contributed by atoms with van der Waals surface area (Å²) in [6.07, 6.45) is 8.79. The topological polar surface area (TPSA) is 33.5 Å². The van der Waals surface area contributed by atoms with E-state index in [0.717, 1.165) is 58.1 Å². The smallest absolute Gasteiger partial charge is 0.137 e. The fourth-order valence-electron chi connectivity index (χ4n) is 14.0. The van der Waals surface area contributed by atoms with Gasteiger partial charge in [0, 0.05) is 47.3 Å². The Morgan fingerprint density at radius 1 is 0.585 bits per heavy atom. The third-order valence-electron chi connectivity index (χ3n) is 16.1. The molecule has 0 amide bonds. The highest BCUT2D eigenvalue weighted by atomic mass is 16.5. The summed E-state index contributed by atoms with van der Waals surface area (Å²) >= 11 is 0. The van der Waals surface area contributed by atoms with E-state index >= 15 is 0 Å². The fourth-order valence-corrected chi connectivity index (χ4v) is 14.0. The van der Waals surface area contributed by atoms with Gasteiger partial charge < -0.3 is 14.5 Å². The fraction of sp³-hybridized carbons (Fsp3) is 0.250. The lowest BCUT2D eigenvalue weighted by atomic mass is 9.42. The Bertz CT molecular complexity index is 3320. The average molecular weight is 847 g/mol. The van der Waals surface area contributed by atoms with Crippen LogP contribution in [0.25, 0.3) is 49.5 Å². The third kappa shape index (κ3) is 5.93. The molecule has 1 aliphatic heterocycles. The second kappa shape index (κ2) is 14.6. The molecule has 9 aromatic rings. The van der Waals surface area contributed by atoms with Crippen LogP contribution in [0.4, 0.5) is 17.1 Å². The SMILES string of the molecule is Cc1cc(C)c(-c2cc(Oc3ccc4c5ccccc5n(-c5cc(C6(c7cccc8ccccc78)C7CC8CC(C7)CC6C8)ccn5)c4c3)cc(N3CN(C)c4ccccc43)c2)c(C)c1. The number of aromatic nitrogens is 2. The zero-order chi connectivity index (χ0) is 43.6. The van der Waals surface area contributed by atoms with E-state index < -0.39 is 0 Å². The zero-order valence-electron chi connectivity index (χ0n) is 37.8. The highest BCUT2D eigenvalue weighted by Crippen LogP contribution is 2.66. The Hall–Kier alpha value is -6.85. The van der Waals surface area contributed by atoms with Crippen molar-refractivity contribution in [3.63, 3.8) is 0 Å². The van der Waals surface area contributed by atoms with Gasteiger partial charge in [0.05, 0.1) is 29.1 Å². The molecular formula is C60H54N4O. The van der Waals surface area contributed by atoms with E-state index in [4.69, 9.17) is 9.72 Å². The molecule has 65 heavy (non-hydrogen) atoms. The van der Waals surface area contributed by atoms with Crippen LogP contribution in [-0.2, 0) is 5.41 Å². The van der Waals surface area contributed by atoms with Gasteiger partial charge in [-0.3, -0.25) is 4.57 Å². The van der Waals surface area contributed by atoms with Crippen molar-refractivity contribution in [1.29, 1.82) is 0 Å². The number of anilines is 3. The number of ether oxygens (including phenoxy) is 1. The van der Waals surface area contributed by atoms with Crippen LogP contribution in [0.5, 0.6) is 11.5 Å². The summed E-state index contributed by atoms with van der Waals surface area (Å²) in [5, 5.41) is 5.14. The van der Waals surface area contributed by atoms with Crippen LogP contribution in [0.2, 0.25) is 0 Å². The largest absolute Gasteiger partial charge is 0.457 e. The number of pyridine rings is 1. The number of hydrogen-bond acceptors (Lipinski definition) is 4. The minimum atomic E-state index is -0.0689. The van der Waals surface area contributed by atoms with Gasteiger partial charge in [-0.15, -0.1) is 0 Å². The monoisotopic (exact) mass is 846 g/mol. The quantitative estimate of drug-likeness (QED) is 0.160. The lowest BCUT2D eigenvalue weighted by Gasteiger charge is -2.62. The van der Waals surface area contributed by atoms with E-state index in [1.54, 1.807) is 0 Å². The van der Waals surface area contributed by atoms with Crippen LogP contribution in [0.1, 0.15) is 59.9 Å². The normalized spacial score (nSPS) is 22.1. The Labute approximate surface area is 381 Å². The van der Waals surface area contributed by atoms with E-state index in [0.29, 0.717) is 11.8 Å². The standard InChI is InChI=1S/C60H54N4O/c1-37-24-38(2)59(39(3)25-37)43-31-47(63-36-62(4)55-18-9-10-19-56(55)63)34-49(32-43)65-48-20-21-52-51-15-7-8-17-54(51)64(57(52)35-48)58-33-44(22-23-61-58)60(45-27-40-26-41(29-45)30-46(60)28-40)53-16-11-13-42-12-5-6-14-50(42)53/h5-25,31-35,40-41,45-46H,26-30,36H2,1-4H3. The minimum absolute atomic E-state index is 0.0689. The molecule has 0 saturated heterocycles. The molecule has 4 fully saturated rings. The number of para-hydroxylation sites is 3. The minimum Gasteiger partial charge on any atom is -0.457 e. The lowest BCUT2D eigenvalue weighted by molar-refractivity contribution is -0.0412. The summed E-state index contributed by atoms with van der Waals surface area (Å²) in [6, 6.07) is 56.5. The summed E-state index contributed by atoms with van der Waals surface area (Å²) in [4.78, 5) is 9.97. The van der Waals surface area contributed by atoms with Crippen molar-refractivity contribution in [2.45, 2.75) is 58.3 Å². The molecular weight excluding hydrogens is 793 g/mol. The molecule has 4 bridgehead atoms.